The van der Waals surface area contributed by atoms with Crippen molar-refractivity contribution in [3.8, 4) is 5.69 Å². The van der Waals surface area contributed by atoms with Crippen LogP contribution < -0.4 is 5.32 Å². The molecule has 3 aromatic rings. The van der Waals surface area contributed by atoms with Crippen LogP contribution in [0.3, 0.4) is 0 Å². The van der Waals surface area contributed by atoms with Crippen LogP contribution in [-0.2, 0) is 6.42 Å². The summed E-state index contributed by atoms with van der Waals surface area (Å²) in [6.45, 7) is 2.02. The molecule has 0 unspecified atom stereocenters. The first-order valence-electron chi connectivity index (χ1n) is 7.96. The summed E-state index contributed by atoms with van der Waals surface area (Å²) < 4.78 is 1.65. The standard InChI is InChI=1S/C18H15Cl3N4O/c1-2-3-16-17(18(26)22-15-9-6-12(20)10-14(15)21)23-24-25(16)13-7-4-11(19)5-8-13/h4-10H,2-3H2,1H3,(H,22,26). The van der Waals surface area contributed by atoms with Crippen molar-refractivity contribution in [1.82, 2.24) is 15.0 Å². The zero-order chi connectivity index (χ0) is 18.7. The number of benzene rings is 2. The van der Waals surface area contributed by atoms with Crippen molar-refractivity contribution < 1.29 is 4.79 Å². The minimum atomic E-state index is -0.377. The van der Waals surface area contributed by atoms with Crippen LogP contribution in [-0.4, -0.2) is 20.9 Å². The van der Waals surface area contributed by atoms with E-state index in [0.717, 1.165) is 17.8 Å². The quantitative estimate of drug-likeness (QED) is 0.611. The second-order valence-electron chi connectivity index (χ2n) is 5.60. The fourth-order valence-electron chi connectivity index (χ4n) is 2.50. The molecular weight excluding hydrogens is 395 g/mol. The maximum absolute atomic E-state index is 12.7. The highest BCUT2D eigenvalue weighted by molar-refractivity contribution is 6.36. The Kier molecular flexibility index (Phi) is 5.81. The Bertz CT molecular complexity index is 938. The van der Waals surface area contributed by atoms with Gasteiger partial charge >= 0.3 is 0 Å². The molecule has 1 amide bonds. The van der Waals surface area contributed by atoms with Crippen LogP contribution in [0.1, 0.15) is 29.5 Å². The van der Waals surface area contributed by atoms with Crippen molar-refractivity contribution in [3.63, 3.8) is 0 Å². The number of amides is 1. The van der Waals surface area contributed by atoms with Gasteiger partial charge in [0, 0.05) is 10.0 Å². The molecule has 0 radical (unpaired) electrons. The largest absolute Gasteiger partial charge is 0.319 e. The van der Waals surface area contributed by atoms with E-state index < -0.39 is 0 Å². The first-order chi connectivity index (χ1) is 12.5. The zero-order valence-electron chi connectivity index (χ0n) is 13.8. The SMILES string of the molecule is CCCc1c(C(=O)Nc2ccc(Cl)cc2Cl)nnn1-c1ccc(Cl)cc1. The monoisotopic (exact) mass is 408 g/mol. The van der Waals surface area contributed by atoms with E-state index in [4.69, 9.17) is 34.8 Å². The van der Waals surface area contributed by atoms with Crippen molar-refractivity contribution in [3.05, 3.63) is 68.9 Å². The summed E-state index contributed by atoms with van der Waals surface area (Å²) in [7, 11) is 0. The lowest BCUT2D eigenvalue weighted by Crippen LogP contribution is -2.15. The molecule has 0 spiro atoms. The zero-order valence-corrected chi connectivity index (χ0v) is 16.1. The van der Waals surface area contributed by atoms with Gasteiger partial charge in [0.15, 0.2) is 5.69 Å². The van der Waals surface area contributed by atoms with Crippen LogP contribution in [0.25, 0.3) is 5.69 Å². The van der Waals surface area contributed by atoms with Crippen LogP contribution in [0, 0.1) is 0 Å². The summed E-state index contributed by atoms with van der Waals surface area (Å²) in [4.78, 5) is 12.7. The maximum atomic E-state index is 12.7. The van der Waals surface area contributed by atoms with E-state index in [1.54, 1.807) is 35.0 Å². The van der Waals surface area contributed by atoms with Crippen LogP contribution >= 0.6 is 34.8 Å². The van der Waals surface area contributed by atoms with Crippen molar-refractivity contribution in [2.24, 2.45) is 0 Å². The first kappa shape index (κ1) is 18.7. The number of nitrogens with zero attached hydrogens (tertiary/aromatic N) is 3. The normalized spacial score (nSPS) is 10.8. The summed E-state index contributed by atoms with van der Waals surface area (Å²) in [5, 5.41) is 12.5. The molecule has 0 atom stereocenters. The van der Waals surface area contributed by atoms with E-state index in [9.17, 15) is 4.79 Å². The summed E-state index contributed by atoms with van der Waals surface area (Å²) in [5.74, 6) is -0.377. The van der Waals surface area contributed by atoms with Gasteiger partial charge in [-0.2, -0.15) is 0 Å². The highest BCUT2D eigenvalue weighted by atomic mass is 35.5. The number of carbonyl (C=O) groups is 1. The molecular formula is C18H15Cl3N4O. The number of hydrogen-bond donors (Lipinski definition) is 1. The van der Waals surface area contributed by atoms with E-state index in [-0.39, 0.29) is 11.6 Å². The van der Waals surface area contributed by atoms with Crippen molar-refractivity contribution in [2.45, 2.75) is 19.8 Å². The molecule has 0 saturated heterocycles. The lowest BCUT2D eigenvalue weighted by Gasteiger charge is -2.09. The molecule has 2 aromatic carbocycles. The first-order valence-corrected chi connectivity index (χ1v) is 9.10. The molecule has 0 bridgehead atoms. The van der Waals surface area contributed by atoms with Gasteiger partial charge in [-0.1, -0.05) is 53.4 Å². The lowest BCUT2D eigenvalue weighted by atomic mass is 10.2. The number of halogens is 3. The molecule has 8 heteroatoms. The average molecular weight is 410 g/mol. The second kappa shape index (κ2) is 8.08. The van der Waals surface area contributed by atoms with E-state index in [1.807, 2.05) is 19.1 Å². The molecule has 1 aromatic heterocycles. The molecule has 0 aliphatic carbocycles. The molecule has 26 heavy (non-hydrogen) atoms. The fourth-order valence-corrected chi connectivity index (χ4v) is 3.08. The Labute approximate surface area is 165 Å². The topological polar surface area (TPSA) is 59.8 Å². The Hall–Kier alpha value is -2.08. The number of aromatic nitrogens is 3. The summed E-state index contributed by atoms with van der Waals surface area (Å²) in [6.07, 6.45) is 1.48. The van der Waals surface area contributed by atoms with Crippen LogP contribution in [0.2, 0.25) is 15.1 Å². The minimum Gasteiger partial charge on any atom is -0.319 e. The molecule has 0 saturated carbocycles. The fraction of sp³-hybridized carbons (Fsp3) is 0.167. The maximum Gasteiger partial charge on any atom is 0.278 e. The summed E-state index contributed by atoms with van der Waals surface area (Å²) in [5.41, 5.74) is 2.23. The molecule has 134 valence electrons. The molecule has 5 nitrogen and oxygen atoms in total. The van der Waals surface area contributed by atoms with Gasteiger partial charge in [0.05, 0.1) is 22.1 Å². The number of nitrogens with one attached hydrogen (secondary N) is 1. The van der Waals surface area contributed by atoms with Crippen LogP contribution in [0.5, 0.6) is 0 Å². The number of rotatable bonds is 5. The third-order valence-electron chi connectivity index (χ3n) is 3.72. The number of carbonyl (C=O) groups excluding carboxylic acids is 1. The van der Waals surface area contributed by atoms with Crippen LogP contribution in [0.15, 0.2) is 42.5 Å². The third-order valence-corrected chi connectivity index (χ3v) is 4.52. The predicted molar refractivity (Wildman–Crippen MR) is 105 cm³/mol. The summed E-state index contributed by atoms with van der Waals surface area (Å²) in [6, 6.07) is 12.0. The Morgan fingerprint density at radius 1 is 1.08 bits per heavy atom. The van der Waals surface area contributed by atoms with Gasteiger partial charge in [-0.05, 0) is 48.9 Å². The Morgan fingerprint density at radius 2 is 1.77 bits per heavy atom. The van der Waals surface area contributed by atoms with Gasteiger partial charge < -0.3 is 5.32 Å². The molecule has 1 heterocycles. The van der Waals surface area contributed by atoms with Crippen molar-refractivity contribution >= 4 is 46.4 Å². The third kappa shape index (κ3) is 4.01. The minimum absolute atomic E-state index is 0.257. The lowest BCUT2D eigenvalue weighted by molar-refractivity contribution is 0.102. The van der Waals surface area contributed by atoms with Gasteiger partial charge in [0.25, 0.3) is 5.91 Å². The molecule has 1 N–H and O–H groups in total. The second-order valence-corrected chi connectivity index (χ2v) is 6.88. The van der Waals surface area contributed by atoms with Crippen molar-refractivity contribution in [1.29, 1.82) is 0 Å². The van der Waals surface area contributed by atoms with E-state index in [2.05, 4.69) is 15.6 Å². The van der Waals surface area contributed by atoms with E-state index in [0.29, 0.717) is 27.2 Å². The van der Waals surface area contributed by atoms with Gasteiger partial charge in [0.1, 0.15) is 0 Å². The van der Waals surface area contributed by atoms with E-state index in [1.165, 1.54) is 0 Å². The molecule has 0 fully saturated rings. The van der Waals surface area contributed by atoms with Gasteiger partial charge in [-0.3, -0.25) is 4.79 Å². The number of hydrogen-bond acceptors (Lipinski definition) is 3. The van der Waals surface area contributed by atoms with E-state index >= 15 is 0 Å². The Balaban J connectivity index is 1.94. The predicted octanol–water partition coefficient (Wildman–Crippen LogP) is 5.43. The van der Waals surface area contributed by atoms with Gasteiger partial charge in [-0.15, -0.1) is 5.10 Å². The average Bonchev–Trinajstić information content (AvgIpc) is 3.02. The Morgan fingerprint density at radius 3 is 2.42 bits per heavy atom. The molecule has 0 aliphatic rings. The van der Waals surface area contributed by atoms with Crippen LogP contribution in [0.4, 0.5) is 5.69 Å². The smallest absolute Gasteiger partial charge is 0.278 e. The molecule has 0 aliphatic heterocycles. The highest BCUT2D eigenvalue weighted by Gasteiger charge is 2.21. The van der Waals surface area contributed by atoms with Crippen molar-refractivity contribution in [2.75, 3.05) is 5.32 Å². The highest BCUT2D eigenvalue weighted by Crippen LogP contribution is 2.26. The van der Waals surface area contributed by atoms with Gasteiger partial charge in [-0.25, -0.2) is 4.68 Å². The number of anilines is 1. The molecule has 3 rings (SSSR count). The summed E-state index contributed by atoms with van der Waals surface area (Å²) >= 11 is 18.0. The van der Waals surface area contributed by atoms with Gasteiger partial charge in [0.2, 0.25) is 0 Å².